The molecule has 0 aliphatic rings. The lowest BCUT2D eigenvalue weighted by atomic mass is 10.1. The van der Waals surface area contributed by atoms with Crippen LogP contribution in [0.25, 0.3) is 0 Å². The van der Waals surface area contributed by atoms with E-state index in [0.717, 1.165) is 128 Å². The summed E-state index contributed by atoms with van der Waals surface area (Å²) in [6.45, 7) is 3.88. The normalized spacial score (nSPS) is 14.6. The molecule has 0 aliphatic carbocycles. The third kappa shape index (κ3) is 55.0. The van der Waals surface area contributed by atoms with Crippen molar-refractivity contribution in [2.45, 2.75) is 174 Å². The number of nitrogens with zero attached hydrogens (tertiary/aromatic N) is 1. The second-order valence-electron chi connectivity index (χ2n) is 18.5. The zero-order valence-corrected chi connectivity index (χ0v) is 46.4. The average molecular weight is 1020 g/mol. The third-order valence-corrected chi connectivity index (χ3v) is 11.5. The van der Waals surface area contributed by atoms with Gasteiger partial charge in [-0.3, -0.25) is 14.2 Å². The number of allylic oxidation sites excluding steroid dienone is 26. The van der Waals surface area contributed by atoms with Crippen molar-refractivity contribution in [1.82, 2.24) is 0 Å². The van der Waals surface area contributed by atoms with Crippen LogP contribution in [0, 0.1) is 0 Å². The lowest BCUT2D eigenvalue weighted by Crippen LogP contribution is -2.37. The van der Waals surface area contributed by atoms with Crippen molar-refractivity contribution < 1.29 is 42.1 Å². The fourth-order valence-electron chi connectivity index (χ4n) is 6.41. The Balaban J connectivity index is 4.34. The molecule has 0 N–H and O–H groups in total. The Hall–Kier alpha value is -4.37. The average Bonchev–Trinajstić information content (AvgIpc) is 3.34. The maximum atomic E-state index is 12.8. The molecule has 9 nitrogen and oxygen atoms in total. The minimum absolute atomic E-state index is 0.0528. The number of unbranched alkanes of at least 4 members (excludes halogenated alkanes) is 7. The molecule has 0 aromatic heterocycles. The second kappa shape index (κ2) is 51.5. The summed E-state index contributed by atoms with van der Waals surface area (Å²) >= 11 is 0. The first-order valence-electron chi connectivity index (χ1n) is 27.2. The number of likely N-dealkylation sites (N-methyl/N-ethyl adjacent to an activating group) is 1. The number of esters is 2. The first kappa shape index (κ1) is 67.6. The molecule has 0 saturated heterocycles. The Morgan fingerprint density at radius 2 is 0.764 bits per heavy atom. The van der Waals surface area contributed by atoms with E-state index in [4.69, 9.17) is 18.5 Å². The number of rotatable bonds is 47. The Morgan fingerprint density at radius 1 is 0.431 bits per heavy atom. The molecule has 0 aromatic carbocycles. The van der Waals surface area contributed by atoms with Gasteiger partial charge in [0.1, 0.15) is 19.8 Å². The van der Waals surface area contributed by atoms with Crippen LogP contribution in [0.4, 0.5) is 0 Å². The van der Waals surface area contributed by atoms with Crippen LogP contribution in [-0.2, 0) is 32.7 Å². The van der Waals surface area contributed by atoms with Gasteiger partial charge in [0.15, 0.2) is 6.10 Å². The highest BCUT2D eigenvalue weighted by Gasteiger charge is 2.21. The number of ether oxygens (including phenoxy) is 2. The Bertz CT molecular complexity index is 1770. The molecule has 0 aromatic rings. The number of phosphoric ester groups is 1. The van der Waals surface area contributed by atoms with Crippen molar-refractivity contribution in [1.29, 1.82) is 0 Å². The number of phosphoric acid groups is 1. The van der Waals surface area contributed by atoms with Gasteiger partial charge in [-0.1, -0.05) is 198 Å². The summed E-state index contributed by atoms with van der Waals surface area (Å²) in [5.74, 6) is -0.936. The molecule has 0 fully saturated rings. The van der Waals surface area contributed by atoms with Crippen molar-refractivity contribution in [3.8, 4) is 0 Å². The van der Waals surface area contributed by atoms with Crippen LogP contribution in [-0.4, -0.2) is 70.0 Å². The Labute approximate surface area is 439 Å². The van der Waals surface area contributed by atoms with Crippen LogP contribution in [0.1, 0.15) is 168 Å². The summed E-state index contributed by atoms with van der Waals surface area (Å²) in [5, 5.41) is 0. The van der Waals surface area contributed by atoms with Crippen LogP contribution in [0.2, 0.25) is 0 Å². The first-order chi connectivity index (χ1) is 35.0. The number of quaternary nitrogens is 1. The van der Waals surface area contributed by atoms with E-state index in [2.05, 4.69) is 166 Å². The van der Waals surface area contributed by atoms with Crippen molar-refractivity contribution >= 4 is 19.8 Å². The van der Waals surface area contributed by atoms with Gasteiger partial charge in [-0.05, 0) is 116 Å². The molecule has 404 valence electrons. The molecule has 10 heteroatoms. The summed E-state index contributed by atoms with van der Waals surface area (Å²) in [6.07, 6.45) is 77.2. The Kier molecular flexibility index (Phi) is 48.4. The molecule has 2 unspecified atom stereocenters. The van der Waals surface area contributed by atoms with Crippen molar-refractivity contribution in [2.75, 3.05) is 47.5 Å². The smallest absolute Gasteiger partial charge is 0.306 e. The second-order valence-corrected chi connectivity index (χ2v) is 19.9. The lowest BCUT2D eigenvalue weighted by Gasteiger charge is -2.28. The minimum atomic E-state index is -4.66. The summed E-state index contributed by atoms with van der Waals surface area (Å²) in [4.78, 5) is 37.8. The monoisotopic (exact) mass is 1020 g/mol. The van der Waals surface area contributed by atoms with E-state index in [9.17, 15) is 19.0 Å². The van der Waals surface area contributed by atoms with Crippen molar-refractivity contribution in [3.05, 3.63) is 158 Å². The quantitative estimate of drug-likeness (QED) is 0.0195. The molecule has 0 radical (unpaired) electrons. The zero-order valence-electron chi connectivity index (χ0n) is 45.5. The van der Waals surface area contributed by atoms with Crippen LogP contribution in [0.5, 0.6) is 0 Å². The molecular weight excluding hydrogens is 918 g/mol. The molecule has 0 bridgehead atoms. The van der Waals surface area contributed by atoms with Crippen LogP contribution >= 0.6 is 7.82 Å². The van der Waals surface area contributed by atoms with Crippen molar-refractivity contribution in [2.24, 2.45) is 0 Å². The molecular formula is C62H98NO8P. The third-order valence-electron chi connectivity index (χ3n) is 10.5. The van der Waals surface area contributed by atoms with Gasteiger partial charge >= 0.3 is 11.9 Å². The van der Waals surface area contributed by atoms with Gasteiger partial charge in [-0.2, -0.15) is 0 Å². The highest BCUT2D eigenvalue weighted by atomic mass is 31.2. The predicted octanol–water partition coefficient (Wildman–Crippen LogP) is 16.3. The predicted molar refractivity (Wildman–Crippen MR) is 304 cm³/mol. The number of hydrogen-bond donors (Lipinski definition) is 0. The standard InChI is InChI=1S/C62H98NO8P/c1-6-8-10-12-14-16-18-20-22-24-25-26-27-28-29-30-31-32-33-34-35-36-37-39-41-43-45-47-49-51-53-55-62(65)71-60(59-70-72(66,67)69-57-56-63(3,4)5)58-68-61(64)54-52-50-48-46-44-42-40-38-23-21-19-17-15-13-11-9-7-2/h8-11,14-17,20-23,25-26,28-29,31-32,34-35,37,39-40,42,46,48,60H,6-7,12-13,18-19,24,27,30,33,36,38,41,43-45,47,49-59H2,1-5H3/b10-8-,11-9-,16-14-,17-15-,22-20-,23-21-,26-25-,29-28-,32-31-,35-34-,39-37-,42-40-,48-46-. The van der Waals surface area contributed by atoms with E-state index in [0.29, 0.717) is 23.9 Å². The van der Waals surface area contributed by atoms with E-state index in [-0.39, 0.29) is 26.1 Å². The maximum Gasteiger partial charge on any atom is 0.306 e. The van der Waals surface area contributed by atoms with Gasteiger partial charge in [0.25, 0.3) is 7.82 Å². The van der Waals surface area contributed by atoms with E-state index < -0.39 is 32.5 Å². The van der Waals surface area contributed by atoms with E-state index in [1.54, 1.807) is 0 Å². The number of carbonyl (C=O) groups excluding carboxylic acids is 2. The van der Waals surface area contributed by atoms with Gasteiger partial charge in [-0.15, -0.1) is 0 Å². The van der Waals surface area contributed by atoms with Crippen molar-refractivity contribution in [3.63, 3.8) is 0 Å². The molecule has 0 saturated carbocycles. The Morgan fingerprint density at radius 3 is 1.15 bits per heavy atom. The van der Waals surface area contributed by atoms with Crippen LogP contribution in [0.15, 0.2) is 158 Å². The molecule has 0 rings (SSSR count). The number of hydrogen-bond acceptors (Lipinski definition) is 8. The summed E-state index contributed by atoms with van der Waals surface area (Å²) < 4.78 is 34.0. The molecule has 0 heterocycles. The highest BCUT2D eigenvalue weighted by Crippen LogP contribution is 2.38. The minimum Gasteiger partial charge on any atom is -0.756 e. The summed E-state index contributed by atoms with van der Waals surface area (Å²) in [5.41, 5.74) is 0. The fourth-order valence-corrected chi connectivity index (χ4v) is 7.14. The SMILES string of the molecule is CC/C=C\C/C=C\C/C=C\C/C=C\C/C=C\C/C=C\C/C=C\C/C=C\CCCCCCCCC(=O)OC(COC(=O)CCC/C=C\C/C=C\C/C=C\C/C=C\C/C=C\CC)COP(=O)([O-])OCC[N+](C)(C)C. The first-order valence-corrected chi connectivity index (χ1v) is 28.7. The van der Waals surface area contributed by atoms with Crippen LogP contribution in [0.3, 0.4) is 0 Å². The van der Waals surface area contributed by atoms with Gasteiger partial charge in [0.05, 0.1) is 27.7 Å². The van der Waals surface area contributed by atoms with E-state index in [1.165, 1.54) is 0 Å². The van der Waals surface area contributed by atoms with E-state index >= 15 is 0 Å². The van der Waals surface area contributed by atoms with E-state index in [1.807, 2.05) is 27.2 Å². The molecule has 0 amide bonds. The number of carbonyl (C=O) groups is 2. The largest absolute Gasteiger partial charge is 0.756 e. The molecule has 0 spiro atoms. The molecule has 0 aliphatic heterocycles. The van der Waals surface area contributed by atoms with Gasteiger partial charge in [-0.25, -0.2) is 0 Å². The summed E-state index contributed by atoms with van der Waals surface area (Å²) in [7, 11) is 1.09. The van der Waals surface area contributed by atoms with Gasteiger partial charge in [0.2, 0.25) is 0 Å². The lowest BCUT2D eigenvalue weighted by molar-refractivity contribution is -0.870. The van der Waals surface area contributed by atoms with Gasteiger partial charge < -0.3 is 27.9 Å². The highest BCUT2D eigenvalue weighted by molar-refractivity contribution is 7.45. The zero-order chi connectivity index (χ0) is 52.7. The van der Waals surface area contributed by atoms with Crippen LogP contribution < -0.4 is 4.89 Å². The molecule has 2 atom stereocenters. The van der Waals surface area contributed by atoms with Gasteiger partial charge in [0, 0.05) is 12.8 Å². The molecule has 72 heavy (non-hydrogen) atoms. The topological polar surface area (TPSA) is 111 Å². The fraction of sp³-hybridized carbons (Fsp3) is 0.548. The maximum absolute atomic E-state index is 12.8. The summed E-state index contributed by atoms with van der Waals surface area (Å²) in [6, 6.07) is 0.